The number of aromatic nitrogens is 1. The van der Waals surface area contributed by atoms with Crippen molar-refractivity contribution in [3.63, 3.8) is 0 Å². The van der Waals surface area contributed by atoms with Crippen molar-refractivity contribution in [2.45, 2.75) is 6.04 Å². The van der Waals surface area contributed by atoms with Crippen molar-refractivity contribution in [1.82, 2.24) is 10.3 Å². The highest BCUT2D eigenvalue weighted by atomic mass is 79.9. The number of nitrogens with zero attached hydrogens (tertiary/aromatic N) is 1. The molecule has 0 unspecified atom stereocenters. The molecule has 4 aromatic rings. The summed E-state index contributed by atoms with van der Waals surface area (Å²) in [5.41, 5.74) is 1.64. The Morgan fingerprint density at radius 3 is 2.72 bits per heavy atom. The van der Waals surface area contributed by atoms with Gasteiger partial charge in [-0.3, -0.25) is 4.79 Å². The van der Waals surface area contributed by atoms with E-state index in [1.54, 1.807) is 12.3 Å². The van der Waals surface area contributed by atoms with Gasteiger partial charge in [-0.25, -0.2) is 4.98 Å². The zero-order valence-corrected chi connectivity index (χ0v) is 15.4. The lowest BCUT2D eigenvalue weighted by atomic mass is 10.1. The molecule has 2 aromatic heterocycles. The predicted octanol–water partition coefficient (Wildman–Crippen LogP) is 5.17. The molecule has 25 heavy (non-hydrogen) atoms. The van der Waals surface area contributed by atoms with E-state index >= 15 is 0 Å². The van der Waals surface area contributed by atoms with E-state index in [1.807, 2.05) is 53.9 Å². The highest BCUT2D eigenvalue weighted by Crippen LogP contribution is 2.28. The summed E-state index contributed by atoms with van der Waals surface area (Å²) >= 11 is 4.95. The number of furan rings is 1. The number of halogens is 1. The van der Waals surface area contributed by atoms with Gasteiger partial charge < -0.3 is 9.73 Å². The molecule has 0 aliphatic carbocycles. The lowest BCUT2D eigenvalue weighted by Crippen LogP contribution is -2.28. The summed E-state index contributed by atoms with van der Waals surface area (Å²) in [7, 11) is 0. The van der Waals surface area contributed by atoms with Crippen molar-refractivity contribution >= 4 is 44.1 Å². The van der Waals surface area contributed by atoms with Crippen LogP contribution in [0.1, 0.15) is 27.2 Å². The molecular weight excluding hydrogens is 400 g/mol. The second-order valence-corrected chi connectivity index (χ2v) is 7.24. The Bertz CT molecular complexity index is 1010. The normalized spacial score (nSPS) is 12.2. The Morgan fingerprint density at radius 1 is 1.16 bits per heavy atom. The van der Waals surface area contributed by atoms with E-state index in [2.05, 4.69) is 26.2 Å². The first-order valence-corrected chi connectivity index (χ1v) is 9.33. The van der Waals surface area contributed by atoms with Crippen LogP contribution in [-0.4, -0.2) is 10.9 Å². The van der Waals surface area contributed by atoms with Gasteiger partial charge in [-0.2, -0.15) is 0 Å². The number of amides is 1. The number of rotatable bonds is 4. The molecule has 0 saturated heterocycles. The maximum Gasteiger partial charge on any atom is 0.287 e. The maximum atomic E-state index is 12.8. The third kappa shape index (κ3) is 3.23. The quantitative estimate of drug-likeness (QED) is 0.502. The number of thiazole rings is 1. The molecule has 1 amide bonds. The van der Waals surface area contributed by atoms with Gasteiger partial charge in [-0.05, 0) is 33.6 Å². The highest BCUT2D eigenvalue weighted by molar-refractivity contribution is 9.10. The van der Waals surface area contributed by atoms with Crippen LogP contribution in [0.4, 0.5) is 0 Å². The summed E-state index contributed by atoms with van der Waals surface area (Å²) in [6.07, 6.45) is 1.74. The number of carbonyl (C=O) groups is 1. The largest absolute Gasteiger partial charge is 0.450 e. The number of fused-ring (bicyclic) bond motifs is 1. The maximum absolute atomic E-state index is 12.8. The second kappa shape index (κ2) is 6.82. The highest BCUT2D eigenvalue weighted by Gasteiger charge is 2.22. The van der Waals surface area contributed by atoms with Crippen LogP contribution in [0.5, 0.6) is 0 Å². The molecule has 0 spiro atoms. The molecule has 0 aliphatic heterocycles. The SMILES string of the molecule is O=C(N[C@H](c1ccccc1)c1nccs1)c1cc2cccc(Br)c2o1. The van der Waals surface area contributed by atoms with Crippen molar-refractivity contribution in [2.75, 3.05) is 0 Å². The molecule has 4 rings (SSSR count). The Labute approximate surface area is 156 Å². The van der Waals surface area contributed by atoms with Gasteiger partial charge in [-0.15, -0.1) is 11.3 Å². The van der Waals surface area contributed by atoms with Crippen LogP contribution in [0.25, 0.3) is 11.0 Å². The minimum absolute atomic E-state index is 0.271. The Kier molecular flexibility index (Phi) is 4.38. The van der Waals surface area contributed by atoms with E-state index in [0.29, 0.717) is 5.58 Å². The molecule has 0 fully saturated rings. The fourth-order valence-corrected chi connectivity index (χ4v) is 3.83. The molecule has 6 heteroatoms. The molecule has 2 aromatic carbocycles. The van der Waals surface area contributed by atoms with Gasteiger partial charge in [0.2, 0.25) is 0 Å². The molecule has 4 nitrogen and oxygen atoms in total. The third-order valence-corrected chi connectivity index (χ3v) is 5.29. The summed E-state index contributed by atoms with van der Waals surface area (Å²) in [5, 5.41) is 6.64. The number of benzene rings is 2. The average Bonchev–Trinajstić information content (AvgIpc) is 3.30. The molecule has 2 heterocycles. The lowest BCUT2D eigenvalue weighted by molar-refractivity contribution is 0.0917. The van der Waals surface area contributed by atoms with E-state index in [0.717, 1.165) is 20.4 Å². The second-order valence-electron chi connectivity index (χ2n) is 5.46. The number of hydrogen-bond acceptors (Lipinski definition) is 4. The molecule has 1 atom stereocenters. The van der Waals surface area contributed by atoms with Crippen molar-refractivity contribution in [3.8, 4) is 0 Å². The third-order valence-electron chi connectivity index (χ3n) is 3.83. The van der Waals surface area contributed by atoms with Gasteiger partial charge in [-0.1, -0.05) is 42.5 Å². The van der Waals surface area contributed by atoms with Crippen molar-refractivity contribution < 1.29 is 9.21 Å². The number of para-hydroxylation sites is 1. The summed E-state index contributed by atoms with van der Waals surface area (Å²) in [6.45, 7) is 0. The predicted molar refractivity (Wildman–Crippen MR) is 102 cm³/mol. The minimum atomic E-state index is -0.314. The van der Waals surface area contributed by atoms with E-state index in [4.69, 9.17) is 4.42 Å². The molecule has 0 saturated carbocycles. The first-order chi connectivity index (χ1) is 12.2. The van der Waals surface area contributed by atoms with Crippen molar-refractivity contribution in [3.05, 3.63) is 87.0 Å². The van der Waals surface area contributed by atoms with Crippen molar-refractivity contribution in [1.29, 1.82) is 0 Å². The molecule has 1 N–H and O–H groups in total. The fourth-order valence-electron chi connectivity index (χ4n) is 2.65. The van der Waals surface area contributed by atoms with Gasteiger partial charge in [0.1, 0.15) is 16.6 Å². The average molecular weight is 413 g/mol. The van der Waals surface area contributed by atoms with E-state index in [-0.39, 0.29) is 17.7 Å². The minimum Gasteiger partial charge on any atom is -0.450 e. The first kappa shape index (κ1) is 16.1. The lowest BCUT2D eigenvalue weighted by Gasteiger charge is -2.16. The number of nitrogens with one attached hydrogen (secondary N) is 1. The van der Waals surface area contributed by atoms with Crippen LogP contribution in [0.2, 0.25) is 0 Å². The summed E-state index contributed by atoms with van der Waals surface area (Å²) in [5.74, 6) is 0.00606. The molecule has 0 radical (unpaired) electrons. The summed E-state index contributed by atoms with van der Waals surface area (Å²) in [4.78, 5) is 17.1. The van der Waals surface area contributed by atoms with Crippen LogP contribution >= 0.6 is 27.3 Å². The van der Waals surface area contributed by atoms with Gasteiger partial charge in [0.15, 0.2) is 5.76 Å². The van der Waals surface area contributed by atoms with E-state index < -0.39 is 0 Å². The molecular formula is C19H13BrN2O2S. The Hall–Kier alpha value is -2.44. The van der Waals surface area contributed by atoms with Gasteiger partial charge in [0.05, 0.1) is 4.47 Å². The standard InChI is InChI=1S/C19H13BrN2O2S/c20-14-8-4-7-13-11-15(24-17(13)14)18(23)22-16(19-21-9-10-25-19)12-5-2-1-3-6-12/h1-11,16H,(H,22,23)/t16-/m1/s1. The van der Waals surface area contributed by atoms with E-state index in [9.17, 15) is 4.79 Å². The van der Waals surface area contributed by atoms with Crippen molar-refractivity contribution in [2.24, 2.45) is 0 Å². The zero-order chi connectivity index (χ0) is 17.2. The monoisotopic (exact) mass is 412 g/mol. The van der Waals surface area contributed by atoms with Crippen LogP contribution in [0, 0.1) is 0 Å². The fraction of sp³-hybridized carbons (Fsp3) is 0.0526. The molecule has 0 bridgehead atoms. The van der Waals surface area contributed by atoms with Crippen LogP contribution in [0.15, 0.2) is 75.1 Å². The van der Waals surface area contributed by atoms with Gasteiger partial charge in [0.25, 0.3) is 5.91 Å². The molecule has 124 valence electrons. The van der Waals surface area contributed by atoms with Crippen LogP contribution in [-0.2, 0) is 0 Å². The van der Waals surface area contributed by atoms with Gasteiger partial charge in [0, 0.05) is 17.0 Å². The zero-order valence-electron chi connectivity index (χ0n) is 13.0. The topological polar surface area (TPSA) is 55.1 Å². The smallest absolute Gasteiger partial charge is 0.287 e. The van der Waals surface area contributed by atoms with Crippen LogP contribution < -0.4 is 5.32 Å². The molecule has 0 aliphatic rings. The first-order valence-electron chi connectivity index (χ1n) is 7.65. The number of hydrogen-bond donors (Lipinski definition) is 1. The number of carbonyl (C=O) groups excluding carboxylic acids is 1. The van der Waals surface area contributed by atoms with Gasteiger partial charge >= 0.3 is 0 Å². The summed E-state index contributed by atoms with van der Waals surface area (Å²) < 4.78 is 6.56. The Morgan fingerprint density at radius 2 is 2.00 bits per heavy atom. The van der Waals surface area contributed by atoms with E-state index in [1.165, 1.54) is 11.3 Å². The summed E-state index contributed by atoms with van der Waals surface area (Å²) in [6, 6.07) is 16.9. The van der Waals surface area contributed by atoms with Crippen LogP contribution in [0.3, 0.4) is 0 Å². The Balaban J connectivity index is 1.67.